The van der Waals surface area contributed by atoms with Crippen molar-refractivity contribution in [1.82, 2.24) is 14.5 Å². The number of hydrogen-bond donors (Lipinski definition) is 1. The van der Waals surface area contributed by atoms with E-state index in [9.17, 15) is 13.2 Å². The van der Waals surface area contributed by atoms with Crippen molar-refractivity contribution in [3.05, 3.63) is 59.2 Å². The van der Waals surface area contributed by atoms with Crippen LogP contribution in [0.1, 0.15) is 68.1 Å². The molecule has 2 saturated heterocycles. The average Bonchev–Trinajstić information content (AvgIpc) is 3.53. The Morgan fingerprint density at radius 1 is 0.976 bits per heavy atom. The zero-order chi connectivity index (χ0) is 29.7. The Labute approximate surface area is 251 Å². The molecule has 230 valence electrons. The molecule has 0 bridgehead atoms. The lowest BCUT2D eigenvalue weighted by Crippen LogP contribution is -2.54. The highest BCUT2D eigenvalue weighted by Crippen LogP contribution is 2.39. The van der Waals surface area contributed by atoms with E-state index in [2.05, 4.69) is 40.5 Å². The molecule has 1 aliphatic carbocycles. The van der Waals surface area contributed by atoms with Crippen molar-refractivity contribution in [3.63, 3.8) is 0 Å². The van der Waals surface area contributed by atoms with Crippen molar-refractivity contribution < 1.29 is 22.7 Å². The SMILES string of the molecule is COc1cc(C)c(S(=O)(=O)N2CCCC(OCC(=O)NC3CCC(Cc4ccccc4)(N4CCCC4)CC3)C2)c(C)c1. The van der Waals surface area contributed by atoms with Crippen LogP contribution in [0.5, 0.6) is 5.75 Å². The van der Waals surface area contributed by atoms with Crippen LogP contribution in [-0.2, 0) is 26.0 Å². The molecule has 1 N–H and O–H groups in total. The summed E-state index contributed by atoms with van der Waals surface area (Å²) in [5, 5.41) is 3.22. The largest absolute Gasteiger partial charge is 0.497 e. The van der Waals surface area contributed by atoms with Crippen LogP contribution >= 0.6 is 0 Å². The maximum Gasteiger partial charge on any atom is 0.246 e. The molecule has 8 nitrogen and oxygen atoms in total. The van der Waals surface area contributed by atoms with Crippen LogP contribution in [0.15, 0.2) is 47.4 Å². The Balaban J connectivity index is 1.13. The number of likely N-dealkylation sites (tertiary alicyclic amines) is 1. The smallest absolute Gasteiger partial charge is 0.246 e. The minimum absolute atomic E-state index is 0.0447. The second-order valence-electron chi connectivity index (χ2n) is 12.5. The van der Waals surface area contributed by atoms with Crippen LogP contribution in [0.25, 0.3) is 0 Å². The van der Waals surface area contributed by atoms with Gasteiger partial charge in [0.2, 0.25) is 15.9 Å². The van der Waals surface area contributed by atoms with Gasteiger partial charge in [-0.25, -0.2) is 8.42 Å². The lowest BCUT2D eigenvalue weighted by atomic mass is 9.74. The molecule has 2 aliphatic heterocycles. The number of carbonyl (C=O) groups excluding carboxylic acids is 1. The molecule has 9 heteroatoms. The Kier molecular flexibility index (Phi) is 9.92. The summed E-state index contributed by atoms with van der Waals surface area (Å²) >= 11 is 0. The summed E-state index contributed by atoms with van der Waals surface area (Å²) in [6.45, 7) is 6.59. The molecule has 2 aromatic carbocycles. The molecule has 5 rings (SSSR count). The van der Waals surface area contributed by atoms with E-state index in [1.54, 1.807) is 33.1 Å². The molecule has 3 fully saturated rings. The fourth-order valence-corrected chi connectivity index (χ4v) is 9.28. The van der Waals surface area contributed by atoms with Crippen LogP contribution < -0.4 is 10.1 Å². The number of nitrogens with one attached hydrogen (secondary N) is 1. The van der Waals surface area contributed by atoms with E-state index in [1.165, 1.54) is 35.8 Å². The first-order valence-corrected chi connectivity index (χ1v) is 17.0. The zero-order valence-corrected chi connectivity index (χ0v) is 26.3. The standard InChI is InChI=1S/C33H47N3O5S/c1-25-20-30(40-3)21-26(2)32(25)42(38,39)36-19-9-12-29(23-36)41-24-31(37)34-28-13-15-33(16-14-28,35-17-7-8-18-35)22-27-10-5-4-6-11-27/h4-6,10-11,20-21,28-29H,7-9,12-19,22-24H2,1-3H3,(H,34,37). The number of hydrogen-bond acceptors (Lipinski definition) is 6. The monoisotopic (exact) mass is 597 g/mol. The third-order valence-corrected chi connectivity index (χ3v) is 11.7. The molecular weight excluding hydrogens is 550 g/mol. The first kappa shape index (κ1) is 31.0. The average molecular weight is 598 g/mol. The van der Waals surface area contributed by atoms with Crippen molar-refractivity contribution in [2.24, 2.45) is 0 Å². The highest BCUT2D eigenvalue weighted by molar-refractivity contribution is 7.89. The number of benzene rings is 2. The summed E-state index contributed by atoms with van der Waals surface area (Å²) in [4.78, 5) is 16.0. The van der Waals surface area contributed by atoms with Crippen molar-refractivity contribution >= 4 is 15.9 Å². The van der Waals surface area contributed by atoms with Crippen molar-refractivity contribution in [2.45, 2.75) is 94.2 Å². The van der Waals surface area contributed by atoms with Gasteiger partial charge >= 0.3 is 0 Å². The van der Waals surface area contributed by atoms with Gasteiger partial charge in [0.15, 0.2) is 0 Å². The number of carbonyl (C=O) groups is 1. The number of aryl methyl sites for hydroxylation is 2. The number of ether oxygens (including phenoxy) is 2. The van der Waals surface area contributed by atoms with Crippen molar-refractivity contribution in [2.75, 3.05) is 39.9 Å². The molecule has 3 aliphatic rings. The number of piperidine rings is 1. The van der Waals surface area contributed by atoms with Crippen LogP contribution in [0.4, 0.5) is 0 Å². The molecule has 0 aromatic heterocycles. The normalized spacial score (nSPS) is 25.8. The van der Waals surface area contributed by atoms with Crippen LogP contribution in [-0.4, -0.2) is 81.1 Å². The maximum atomic E-state index is 13.6. The van der Waals surface area contributed by atoms with Crippen molar-refractivity contribution in [1.29, 1.82) is 0 Å². The third kappa shape index (κ3) is 7.01. The summed E-state index contributed by atoms with van der Waals surface area (Å²) in [6, 6.07) is 14.5. The Morgan fingerprint density at radius 3 is 2.29 bits per heavy atom. The van der Waals surface area contributed by atoms with Gasteiger partial charge in [-0.1, -0.05) is 30.3 Å². The molecule has 1 unspecified atom stereocenters. The topological polar surface area (TPSA) is 88.2 Å². The minimum atomic E-state index is -3.69. The second kappa shape index (κ2) is 13.5. The molecule has 1 saturated carbocycles. The Hall–Kier alpha value is -2.46. The number of nitrogens with zero attached hydrogens (tertiary/aromatic N) is 2. The first-order chi connectivity index (χ1) is 20.2. The van der Waals surface area contributed by atoms with E-state index in [0.717, 1.165) is 38.5 Å². The summed E-state index contributed by atoms with van der Waals surface area (Å²) in [7, 11) is -2.11. The maximum absolute atomic E-state index is 13.6. The number of sulfonamides is 1. The van der Waals surface area contributed by atoms with Gasteiger partial charge in [-0.15, -0.1) is 0 Å². The minimum Gasteiger partial charge on any atom is -0.497 e. The van der Waals surface area contributed by atoms with E-state index in [-0.39, 0.29) is 36.7 Å². The van der Waals surface area contributed by atoms with Gasteiger partial charge in [-0.05, 0) is 114 Å². The van der Waals surface area contributed by atoms with E-state index < -0.39 is 10.0 Å². The third-order valence-electron chi connectivity index (χ3n) is 9.49. The van der Waals surface area contributed by atoms with Gasteiger partial charge < -0.3 is 14.8 Å². The molecular formula is C33H47N3O5S. The van der Waals surface area contributed by atoms with E-state index in [4.69, 9.17) is 9.47 Å². The highest BCUT2D eigenvalue weighted by Gasteiger charge is 2.41. The zero-order valence-electron chi connectivity index (χ0n) is 25.4. The summed E-state index contributed by atoms with van der Waals surface area (Å²) in [5.74, 6) is 0.532. The lowest BCUT2D eigenvalue weighted by molar-refractivity contribution is -0.129. The summed E-state index contributed by atoms with van der Waals surface area (Å²) < 4.78 is 40.0. The molecule has 2 aromatic rings. The molecule has 0 radical (unpaired) electrons. The fraction of sp³-hybridized carbons (Fsp3) is 0.606. The van der Waals surface area contributed by atoms with Gasteiger partial charge in [0.25, 0.3) is 0 Å². The predicted molar refractivity (Wildman–Crippen MR) is 164 cm³/mol. The Bertz CT molecular complexity index is 1300. The fourth-order valence-electron chi connectivity index (χ4n) is 7.36. The van der Waals surface area contributed by atoms with Crippen molar-refractivity contribution in [3.8, 4) is 5.75 Å². The summed E-state index contributed by atoms with van der Waals surface area (Å²) in [5.41, 5.74) is 2.90. The molecule has 1 amide bonds. The lowest BCUT2D eigenvalue weighted by Gasteiger charge is -2.47. The summed E-state index contributed by atoms with van der Waals surface area (Å²) in [6.07, 6.45) is 8.81. The molecule has 1 atom stereocenters. The first-order valence-electron chi connectivity index (χ1n) is 15.6. The van der Waals surface area contributed by atoms with Gasteiger partial charge in [0, 0.05) is 24.7 Å². The van der Waals surface area contributed by atoms with Gasteiger partial charge in [0.05, 0.1) is 18.1 Å². The number of amides is 1. The van der Waals surface area contributed by atoms with Crippen LogP contribution in [0.2, 0.25) is 0 Å². The van der Waals surface area contributed by atoms with Crippen LogP contribution in [0.3, 0.4) is 0 Å². The van der Waals surface area contributed by atoms with Gasteiger partial charge in [-0.2, -0.15) is 4.31 Å². The number of methoxy groups -OCH3 is 1. The Morgan fingerprint density at radius 2 is 1.64 bits per heavy atom. The van der Waals surface area contributed by atoms with Crippen LogP contribution in [0, 0.1) is 13.8 Å². The van der Waals surface area contributed by atoms with E-state index in [1.807, 2.05) is 0 Å². The quantitative estimate of drug-likeness (QED) is 0.430. The van der Waals surface area contributed by atoms with Gasteiger partial charge in [0.1, 0.15) is 12.4 Å². The highest BCUT2D eigenvalue weighted by atomic mass is 32.2. The molecule has 0 spiro atoms. The number of rotatable bonds is 10. The predicted octanol–water partition coefficient (Wildman–Crippen LogP) is 4.62. The molecule has 2 heterocycles. The van der Waals surface area contributed by atoms with E-state index in [0.29, 0.717) is 34.7 Å². The van der Waals surface area contributed by atoms with Gasteiger partial charge in [-0.3, -0.25) is 9.69 Å². The molecule has 42 heavy (non-hydrogen) atoms. The second-order valence-corrected chi connectivity index (χ2v) is 14.3. The van der Waals surface area contributed by atoms with E-state index >= 15 is 0 Å².